The number of aromatic nitrogens is 3. The van der Waals surface area contributed by atoms with Crippen LogP contribution in [-0.2, 0) is 24.3 Å². The zero-order valence-electron chi connectivity index (χ0n) is 29.8. The molecule has 2 unspecified atom stereocenters. The molecular formula is C38H49F3N8OS. The van der Waals surface area contributed by atoms with E-state index in [9.17, 15) is 23.2 Å². The summed E-state index contributed by atoms with van der Waals surface area (Å²) in [6, 6.07) is 10.6. The van der Waals surface area contributed by atoms with Crippen molar-refractivity contribution in [3.8, 4) is 6.07 Å². The molecule has 1 aliphatic carbocycles. The number of amides is 1. The van der Waals surface area contributed by atoms with E-state index in [1.54, 1.807) is 13.1 Å². The molecular weight excluding hydrogens is 674 g/mol. The number of halogens is 3. The Labute approximate surface area is 301 Å². The maximum absolute atomic E-state index is 13.1. The van der Waals surface area contributed by atoms with Gasteiger partial charge in [0.2, 0.25) is 11.9 Å². The molecule has 2 fully saturated rings. The summed E-state index contributed by atoms with van der Waals surface area (Å²) in [7, 11) is 1.70. The van der Waals surface area contributed by atoms with Crippen LogP contribution in [0.2, 0.25) is 0 Å². The Bertz CT molecular complexity index is 1890. The summed E-state index contributed by atoms with van der Waals surface area (Å²) in [6.45, 7) is 7.80. The van der Waals surface area contributed by atoms with E-state index in [2.05, 4.69) is 62.1 Å². The number of thiophene rings is 1. The van der Waals surface area contributed by atoms with Gasteiger partial charge in [-0.15, -0.1) is 11.3 Å². The van der Waals surface area contributed by atoms with Gasteiger partial charge in [-0.25, -0.2) is 4.98 Å². The number of nitrogens with one attached hydrogen (secondary N) is 2. The van der Waals surface area contributed by atoms with Crippen molar-refractivity contribution in [1.82, 2.24) is 19.4 Å². The number of hydrogen-bond donors (Lipinski definition) is 3. The van der Waals surface area contributed by atoms with Gasteiger partial charge in [-0.3, -0.25) is 9.69 Å². The lowest BCUT2D eigenvalue weighted by Crippen LogP contribution is -2.39. The molecule has 1 aromatic carbocycles. The van der Waals surface area contributed by atoms with Crippen molar-refractivity contribution in [2.45, 2.75) is 103 Å². The van der Waals surface area contributed by atoms with E-state index in [0.717, 1.165) is 86.9 Å². The lowest BCUT2D eigenvalue weighted by atomic mass is 9.78. The number of hydrogen-bond acceptors (Lipinski definition) is 8. The number of nitrogens with zero attached hydrogens (tertiary/aromatic N) is 5. The molecule has 13 heteroatoms. The zero-order valence-corrected chi connectivity index (χ0v) is 30.6. The number of carbonyl (C=O) groups excluding carboxylic acids is 1. The maximum atomic E-state index is 13.1. The fourth-order valence-corrected chi connectivity index (χ4v) is 9.26. The molecule has 1 saturated heterocycles. The number of likely N-dealkylation sites (tertiary alicyclic amines) is 1. The average molecular weight is 723 g/mol. The van der Waals surface area contributed by atoms with Crippen molar-refractivity contribution >= 4 is 50.1 Å². The molecule has 0 bridgehead atoms. The first-order chi connectivity index (χ1) is 24.4. The van der Waals surface area contributed by atoms with Crippen LogP contribution in [0, 0.1) is 36.0 Å². The summed E-state index contributed by atoms with van der Waals surface area (Å²) in [5.41, 5.74) is 9.76. The number of nitriles is 1. The first-order valence-corrected chi connectivity index (χ1v) is 19.1. The summed E-state index contributed by atoms with van der Waals surface area (Å²) < 4.78 is 41.5. The average Bonchev–Trinajstić information content (AvgIpc) is 3.64. The largest absolute Gasteiger partial charge is 0.393 e. The third kappa shape index (κ3) is 8.95. The van der Waals surface area contributed by atoms with Crippen molar-refractivity contribution < 1.29 is 18.0 Å². The van der Waals surface area contributed by atoms with E-state index in [1.807, 2.05) is 6.07 Å². The van der Waals surface area contributed by atoms with Crippen molar-refractivity contribution in [1.29, 1.82) is 5.26 Å². The van der Waals surface area contributed by atoms with Gasteiger partial charge < -0.3 is 20.9 Å². The second-order valence-corrected chi connectivity index (χ2v) is 15.8. The first-order valence-electron chi connectivity index (χ1n) is 18.2. The number of primary amides is 1. The molecule has 1 amide bonds. The molecule has 1 saturated carbocycles. The highest BCUT2D eigenvalue weighted by Crippen LogP contribution is 2.36. The van der Waals surface area contributed by atoms with E-state index in [4.69, 9.17) is 5.73 Å². The normalized spacial score (nSPS) is 20.2. The second-order valence-electron chi connectivity index (χ2n) is 14.7. The number of fused-ring (bicyclic) bond motifs is 2. The number of nitrogens with two attached hydrogens (primary N) is 1. The van der Waals surface area contributed by atoms with Crippen molar-refractivity contribution in [3.63, 3.8) is 0 Å². The molecule has 4 N–H and O–H groups in total. The van der Waals surface area contributed by atoms with Gasteiger partial charge in [0.25, 0.3) is 0 Å². The highest BCUT2D eigenvalue weighted by atomic mass is 32.1. The van der Waals surface area contributed by atoms with Gasteiger partial charge in [0.05, 0.1) is 11.8 Å². The minimum Gasteiger partial charge on any atom is -0.370 e. The maximum Gasteiger partial charge on any atom is 0.393 e. The van der Waals surface area contributed by atoms with E-state index in [-0.39, 0.29) is 16.8 Å². The molecule has 3 atom stereocenters. The van der Waals surface area contributed by atoms with Crippen LogP contribution in [0.3, 0.4) is 0 Å². The second kappa shape index (κ2) is 15.8. The molecule has 51 heavy (non-hydrogen) atoms. The van der Waals surface area contributed by atoms with Gasteiger partial charge in [-0.1, -0.05) is 32.3 Å². The van der Waals surface area contributed by atoms with E-state index >= 15 is 0 Å². The lowest BCUT2D eigenvalue weighted by Gasteiger charge is -2.33. The van der Waals surface area contributed by atoms with Gasteiger partial charge in [0, 0.05) is 61.5 Å². The van der Waals surface area contributed by atoms with Gasteiger partial charge >= 0.3 is 6.18 Å². The Morgan fingerprint density at radius 2 is 1.86 bits per heavy atom. The smallest absolute Gasteiger partial charge is 0.370 e. The van der Waals surface area contributed by atoms with Crippen molar-refractivity contribution in [2.75, 3.05) is 30.8 Å². The van der Waals surface area contributed by atoms with Gasteiger partial charge in [-0.05, 0) is 86.1 Å². The van der Waals surface area contributed by atoms with Crippen LogP contribution in [-0.4, -0.2) is 57.7 Å². The summed E-state index contributed by atoms with van der Waals surface area (Å²) in [5, 5.41) is 18.3. The number of rotatable bonds is 11. The Morgan fingerprint density at radius 1 is 1.10 bits per heavy atom. The lowest BCUT2D eigenvalue weighted by molar-refractivity contribution is -0.126. The van der Waals surface area contributed by atoms with Crippen LogP contribution in [0.4, 0.5) is 24.9 Å². The van der Waals surface area contributed by atoms with E-state index in [1.165, 1.54) is 24.0 Å². The summed E-state index contributed by atoms with van der Waals surface area (Å²) in [5.74, 6) is 2.08. The number of carbonyl (C=O) groups is 1. The van der Waals surface area contributed by atoms with Crippen molar-refractivity contribution in [3.05, 3.63) is 46.0 Å². The molecule has 3 aromatic heterocycles. The van der Waals surface area contributed by atoms with Crippen LogP contribution in [0.1, 0.15) is 86.4 Å². The Hall–Kier alpha value is -3.89. The number of alkyl halides is 3. The minimum absolute atomic E-state index is 0.139. The quantitative estimate of drug-likeness (QED) is 0.143. The minimum atomic E-state index is -4.28. The predicted molar refractivity (Wildman–Crippen MR) is 198 cm³/mol. The van der Waals surface area contributed by atoms with Crippen LogP contribution >= 0.6 is 11.3 Å². The van der Waals surface area contributed by atoms with Gasteiger partial charge in [0.15, 0.2) is 0 Å². The summed E-state index contributed by atoms with van der Waals surface area (Å²) >= 11 is 1.06. The highest BCUT2D eigenvalue weighted by Gasteiger charge is 2.30. The third-order valence-corrected chi connectivity index (χ3v) is 12.1. The third-order valence-electron chi connectivity index (χ3n) is 11.1. The standard InChI is InChI=1S/C38H49F3N8OS/c1-23(26-7-5-4-6-25(8-9-26)16-34(43)50)21-49-29(20-42)17-31-24(2)27(10-11-33(31)49)22-48-14-12-28(13-15-48)45-35-32-18-30(19-38(39,40)41)51-36(32)47-37(44-3)46-35/h10-11,17-18,23,25-26,28H,4-9,12-16,19,21-22H2,1-3H3,(H2,43,50)(H2,44,45,46,47)/t23-,25?,26?/m0/s1. The molecule has 1 aliphatic heterocycles. The van der Waals surface area contributed by atoms with Crippen LogP contribution in [0.25, 0.3) is 21.1 Å². The predicted octanol–water partition coefficient (Wildman–Crippen LogP) is 8.15. The van der Waals surface area contributed by atoms with Gasteiger partial charge in [-0.2, -0.15) is 23.4 Å². The summed E-state index contributed by atoms with van der Waals surface area (Å²) in [6.07, 6.45) is 3.66. The Balaban J connectivity index is 1.10. The fraction of sp³-hybridized carbons (Fsp3) is 0.579. The van der Waals surface area contributed by atoms with Gasteiger partial charge in [0.1, 0.15) is 22.4 Å². The first kappa shape index (κ1) is 36.9. The molecule has 4 heterocycles. The highest BCUT2D eigenvalue weighted by molar-refractivity contribution is 7.18. The topological polar surface area (TPSA) is 125 Å². The Kier molecular flexibility index (Phi) is 11.4. The molecule has 0 spiro atoms. The Morgan fingerprint density at radius 3 is 2.57 bits per heavy atom. The monoisotopic (exact) mass is 722 g/mol. The van der Waals surface area contributed by atoms with E-state index in [0.29, 0.717) is 51.9 Å². The number of piperidine rings is 1. The molecule has 2 aliphatic rings. The number of anilines is 2. The van der Waals surface area contributed by atoms with Crippen LogP contribution in [0.15, 0.2) is 24.3 Å². The molecule has 4 aromatic rings. The number of aryl methyl sites for hydroxylation is 1. The SMILES string of the molecule is CNc1nc(NC2CCN(Cc3ccc4c(cc(C#N)n4C[C@H](C)C4CCCCC(CC(N)=O)CC4)c3C)CC2)c2cc(CC(F)(F)F)sc2n1. The van der Waals surface area contributed by atoms with Crippen LogP contribution < -0.4 is 16.4 Å². The molecule has 274 valence electrons. The fourth-order valence-electron chi connectivity index (χ4n) is 8.20. The molecule has 9 nitrogen and oxygen atoms in total. The van der Waals surface area contributed by atoms with E-state index < -0.39 is 12.6 Å². The molecule has 6 rings (SSSR count). The molecule has 0 radical (unpaired) electrons. The van der Waals surface area contributed by atoms with Crippen molar-refractivity contribution in [2.24, 2.45) is 23.5 Å². The zero-order chi connectivity index (χ0) is 36.3. The summed E-state index contributed by atoms with van der Waals surface area (Å²) in [4.78, 5) is 23.7. The number of benzene rings is 1. The van der Waals surface area contributed by atoms with Crippen LogP contribution in [0.5, 0.6) is 0 Å².